The molecule has 0 unspecified atom stereocenters. The lowest BCUT2D eigenvalue weighted by Gasteiger charge is -2.12. The van der Waals surface area contributed by atoms with Gasteiger partial charge in [-0.1, -0.05) is 65.7 Å². The number of anilines is 1. The fourth-order valence-electron chi connectivity index (χ4n) is 2.92. The molecule has 1 N–H and O–H groups in total. The molecule has 1 amide bonds. The van der Waals surface area contributed by atoms with Crippen molar-refractivity contribution in [3.8, 4) is 11.8 Å². The smallest absolute Gasteiger partial charge is 0.266 e. The first-order valence-electron chi connectivity index (χ1n) is 9.54. The SMILES string of the molecule is Cc1cccc(NC(=O)/C(C#N)=C/c2cc(Cl)c(OCc3ccccc3)c(Cl)c2)c1C. The van der Waals surface area contributed by atoms with Gasteiger partial charge in [0.2, 0.25) is 0 Å². The summed E-state index contributed by atoms with van der Waals surface area (Å²) in [4.78, 5) is 12.6. The Morgan fingerprint density at radius 3 is 2.39 bits per heavy atom. The Hall–Kier alpha value is -3.26. The monoisotopic (exact) mass is 450 g/mol. The molecule has 3 rings (SSSR count). The van der Waals surface area contributed by atoms with Crippen molar-refractivity contribution in [1.82, 2.24) is 0 Å². The summed E-state index contributed by atoms with van der Waals surface area (Å²) in [5.41, 5.74) is 4.09. The number of aryl methyl sites for hydroxylation is 1. The number of carbonyl (C=O) groups is 1. The van der Waals surface area contributed by atoms with Crippen molar-refractivity contribution in [1.29, 1.82) is 5.26 Å². The van der Waals surface area contributed by atoms with Gasteiger partial charge in [0, 0.05) is 5.69 Å². The van der Waals surface area contributed by atoms with Gasteiger partial charge in [-0.25, -0.2) is 0 Å². The van der Waals surface area contributed by atoms with Crippen LogP contribution in [0.15, 0.2) is 66.2 Å². The first-order valence-corrected chi connectivity index (χ1v) is 10.3. The largest absolute Gasteiger partial charge is 0.486 e. The van der Waals surface area contributed by atoms with Crippen LogP contribution < -0.4 is 10.1 Å². The van der Waals surface area contributed by atoms with Crippen LogP contribution in [0, 0.1) is 25.2 Å². The second-order valence-corrected chi connectivity index (χ2v) is 7.77. The van der Waals surface area contributed by atoms with E-state index in [1.807, 2.05) is 62.4 Å². The first-order chi connectivity index (χ1) is 14.9. The van der Waals surface area contributed by atoms with Crippen LogP contribution in [0.5, 0.6) is 5.75 Å². The van der Waals surface area contributed by atoms with Gasteiger partial charge >= 0.3 is 0 Å². The summed E-state index contributed by atoms with van der Waals surface area (Å²) >= 11 is 12.7. The van der Waals surface area contributed by atoms with Crippen molar-refractivity contribution in [2.45, 2.75) is 20.5 Å². The van der Waals surface area contributed by atoms with Crippen LogP contribution in [0.25, 0.3) is 6.08 Å². The molecule has 0 saturated heterocycles. The number of hydrogen-bond donors (Lipinski definition) is 1. The zero-order chi connectivity index (χ0) is 22.4. The van der Waals surface area contributed by atoms with E-state index in [4.69, 9.17) is 27.9 Å². The standard InChI is InChI=1S/C25H20Cl2N2O2/c1-16-7-6-10-23(17(16)2)29-25(30)20(14-28)11-19-12-21(26)24(22(27)13-19)31-15-18-8-4-3-5-9-18/h3-13H,15H2,1-2H3,(H,29,30)/b20-11+. The van der Waals surface area contributed by atoms with Crippen molar-refractivity contribution in [2.75, 3.05) is 5.32 Å². The highest BCUT2D eigenvalue weighted by molar-refractivity contribution is 6.37. The fourth-order valence-corrected chi connectivity index (χ4v) is 3.53. The van der Waals surface area contributed by atoms with E-state index < -0.39 is 5.91 Å². The molecule has 3 aromatic rings. The van der Waals surface area contributed by atoms with Crippen LogP contribution in [-0.2, 0) is 11.4 Å². The molecular formula is C25H20Cl2N2O2. The lowest BCUT2D eigenvalue weighted by Crippen LogP contribution is -2.14. The predicted octanol–water partition coefficient (Wildman–Crippen LogP) is 6.73. The van der Waals surface area contributed by atoms with E-state index in [1.54, 1.807) is 18.2 Å². The number of benzene rings is 3. The second-order valence-electron chi connectivity index (χ2n) is 6.96. The highest BCUT2D eigenvalue weighted by Crippen LogP contribution is 2.35. The van der Waals surface area contributed by atoms with Crippen LogP contribution in [0.4, 0.5) is 5.69 Å². The molecule has 0 heterocycles. The molecule has 0 saturated carbocycles. The number of halogens is 2. The van der Waals surface area contributed by atoms with E-state index in [-0.39, 0.29) is 5.57 Å². The maximum Gasteiger partial charge on any atom is 0.266 e. The summed E-state index contributed by atoms with van der Waals surface area (Å²) in [6.45, 7) is 4.18. The number of amides is 1. The van der Waals surface area contributed by atoms with Gasteiger partial charge in [0.25, 0.3) is 5.91 Å². The van der Waals surface area contributed by atoms with Gasteiger partial charge < -0.3 is 10.1 Å². The molecule has 6 heteroatoms. The molecule has 0 bridgehead atoms. The minimum atomic E-state index is -0.507. The van der Waals surface area contributed by atoms with Gasteiger partial charge in [0.15, 0.2) is 5.75 Å². The summed E-state index contributed by atoms with van der Waals surface area (Å²) in [5, 5.41) is 12.9. The lowest BCUT2D eigenvalue weighted by molar-refractivity contribution is -0.112. The van der Waals surface area contributed by atoms with Crippen molar-refractivity contribution in [2.24, 2.45) is 0 Å². The second kappa shape index (κ2) is 10.2. The van der Waals surface area contributed by atoms with Crippen LogP contribution in [0.3, 0.4) is 0 Å². The predicted molar refractivity (Wildman–Crippen MR) is 125 cm³/mol. The van der Waals surface area contributed by atoms with E-state index in [0.717, 1.165) is 16.7 Å². The number of rotatable bonds is 6. The highest BCUT2D eigenvalue weighted by Gasteiger charge is 2.14. The first kappa shape index (κ1) is 22.4. The summed E-state index contributed by atoms with van der Waals surface area (Å²) < 4.78 is 5.76. The molecule has 0 aromatic heterocycles. The van der Waals surface area contributed by atoms with Gasteiger partial charge in [-0.3, -0.25) is 4.79 Å². The summed E-state index contributed by atoms with van der Waals surface area (Å²) in [6.07, 6.45) is 1.44. The Morgan fingerprint density at radius 1 is 1.06 bits per heavy atom. The summed E-state index contributed by atoms with van der Waals surface area (Å²) in [7, 11) is 0. The van der Waals surface area contributed by atoms with Gasteiger partial charge in [-0.05, 0) is 60.4 Å². The van der Waals surface area contributed by atoms with E-state index in [0.29, 0.717) is 33.7 Å². The highest BCUT2D eigenvalue weighted by atomic mass is 35.5. The van der Waals surface area contributed by atoms with Gasteiger partial charge in [0.05, 0.1) is 10.0 Å². The Kier molecular flexibility index (Phi) is 7.36. The molecule has 0 aliphatic rings. The third kappa shape index (κ3) is 5.67. The third-order valence-corrected chi connectivity index (χ3v) is 5.34. The average Bonchev–Trinajstić information content (AvgIpc) is 2.75. The molecular weight excluding hydrogens is 431 g/mol. The molecule has 156 valence electrons. The molecule has 3 aromatic carbocycles. The third-order valence-electron chi connectivity index (χ3n) is 4.78. The normalized spacial score (nSPS) is 11.0. The molecule has 0 fully saturated rings. The van der Waals surface area contributed by atoms with E-state index in [2.05, 4.69) is 5.32 Å². The lowest BCUT2D eigenvalue weighted by atomic mass is 10.1. The number of ether oxygens (including phenoxy) is 1. The summed E-state index contributed by atoms with van der Waals surface area (Å²) in [6, 6.07) is 20.4. The maximum atomic E-state index is 12.6. The fraction of sp³-hybridized carbons (Fsp3) is 0.120. The number of nitriles is 1. The Balaban J connectivity index is 1.80. The van der Waals surface area contributed by atoms with Gasteiger partial charge in [-0.15, -0.1) is 0 Å². The zero-order valence-electron chi connectivity index (χ0n) is 17.1. The minimum absolute atomic E-state index is 0.0639. The Bertz CT molecular complexity index is 1160. The molecule has 0 atom stereocenters. The number of carbonyl (C=O) groups excluding carboxylic acids is 1. The molecule has 4 nitrogen and oxygen atoms in total. The Morgan fingerprint density at radius 2 is 1.74 bits per heavy atom. The van der Waals surface area contributed by atoms with E-state index >= 15 is 0 Å². The van der Waals surface area contributed by atoms with Crippen molar-refractivity contribution >= 4 is 40.9 Å². The van der Waals surface area contributed by atoms with Crippen LogP contribution in [-0.4, -0.2) is 5.91 Å². The van der Waals surface area contributed by atoms with E-state index in [9.17, 15) is 10.1 Å². The molecule has 0 aliphatic carbocycles. The van der Waals surface area contributed by atoms with Crippen LogP contribution in [0.2, 0.25) is 10.0 Å². The molecule has 0 aliphatic heterocycles. The average molecular weight is 451 g/mol. The number of nitrogens with zero attached hydrogens (tertiary/aromatic N) is 1. The van der Waals surface area contributed by atoms with Gasteiger partial charge in [0.1, 0.15) is 18.2 Å². The molecule has 31 heavy (non-hydrogen) atoms. The number of nitrogens with one attached hydrogen (secondary N) is 1. The minimum Gasteiger partial charge on any atom is -0.486 e. The quantitative estimate of drug-likeness (QED) is 0.334. The molecule has 0 spiro atoms. The van der Waals surface area contributed by atoms with Crippen molar-refractivity contribution < 1.29 is 9.53 Å². The topological polar surface area (TPSA) is 62.1 Å². The Labute approximate surface area is 191 Å². The van der Waals surface area contributed by atoms with E-state index in [1.165, 1.54) is 6.08 Å². The van der Waals surface area contributed by atoms with Crippen molar-refractivity contribution in [3.05, 3.63) is 98.5 Å². The van der Waals surface area contributed by atoms with Crippen LogP contribution >= 0.6 is 23.2 Å². The van der Waals surface area contributed by atoms with Crippen molar-refractivity contribution in [3.63, 3.8) is 0 Å². The van der Waals surface area contributed by atoms with Crippen LogP contribution in [0.1, 0.15) is 22.3 Å². The zero-order valence-corrected chi connectivity index (χ0v) is 18.6. The summed E-state index contributed by atoms with van der Waals surface area (Å²) in [5.74, 6) is -0.157. The maximum absolute atomic E-state index is 12.6. The number of hydrogen-bond acceptors (Lipinski definition) is 3. The van der Waals surface area contributed by atoms with Gasteiger partial charge in [-0.2, -0.15) is 5.26 Å². The molecule has 0 radical (unpaired) electrons.